The lowest BCUT2D eigenvalue weighted by molar-refractivity contribution is 0.417. The Bertz CT molecular complexity index is 1500. The van der Waals surface area contributed by atoms with Crippen LogP contribution in [0.15, 0.2) is 76.7 Å². The first-order valence-corrected chi connectivity index (χ1v) is 10.9. The van der Waals surface area contributed by atoms with E-state index in [0.29, 0.717) is 22.0 Å². The number of nitrogens with one attached hydrogen (secondary N) is 1. The molecule has 0 aliphatic carbocycles. The number of nitrogens with zero attached hydrogens (tertiary/aromatic N) is 2. The Morgan fingerprint density at radius 3 is 2.69 bits per heavy atom. The normalized spacial score (nSPS) is 11.6. The number of thiazole rings is 1. The molecule has 0 fully saturated rings. The van der Waals surface area contributed by atoms with Crippen molar-refractivity contribution >= 4 is 44.5 Å². The number of aryl methyl sites for hydroxylation is 1. The summed E-state index contributed by atoms with van der Waals surface area (Å²) in [5.41, 5.74) is 5.80. The Kier molecular flexibility index (Phi) is 5.10. The number of nitriles is 1. The summed E-state index contributed by atoms with van der Waals surface area (Å²) < 4.78 is 11.6. The van der Waals surface area contributed by atoms with Crippen LogP contribution in [0.25, 0.3) is 38.8 Å². The van der Waals surface area contributed by atoms with Crippen LogP contribution in [-0.2, 0) is 0 Å². The molecule has 156 valence electrons. The summed E-state index contributed by atoms with van der Waals surface area (Å²) in [5.74, 6) is 0.664. The molecule has 0 radical (unpaired) electrons. The molecule has 3 aromatic carbocycles. The second-order valence-corrected chi connectivity index (χ2v) is 8.22. The van der Waals surface area contributed by atoms with Crippen molar-refractivity contribution in [3.05, 3.63) is 82.8 Å². The van der Waals surface area contributed by atoms with E-state index >= 15 is 0 Å². The van der Waals surface area contributed by atoms with Crippen molar-refractivity contribution < 1.29 is 9.15 Å². The van der Waals surface area contributed by atoms with Gasteiger partial charge in [-0.15, -0.1) is 11.3 Å². The van der Waals surface area contributed by atoms with Gasteiger partial charge in [0.15, 0.2) is 0 Å². The fraction of sp³-hybridized carbons (Fsp3) is 0.0769. The van der Waals surface area contributed by atoms with E-state index in [9.17, 15) is 5.26 Å². The molecule has 0 spiro atoms. The lowest BCUT2D eigenvalue weighted by Gasteiger charge is -2.08. The maximum atomic E-state index is 9.73. The Hall–Kier alpha value is -4.08. The third kappa shape index (κ3) is 3.59. The zero-order valence-electron chi connectivity index (χ0n) is 17.5. The predicted octanol–water partition coefficient (Wildman–Crippen LogP) is 7.00. The largest absolute Gasteiger partial charge is 0.495 e. The number of ether oxygens (including phenoxy) is 1. The molecule has 0 saturated carbocycles. The molecule has 0 bridgehead atoms. The molecule has 0 aliphatic rings. The first-order chi connectivity index (χ1) is 15.7. The van der Waals surface area contributed by atoms with Gasteiger partial charge in [-0.25, -0.2) is 4.98 Å². The molecule has 32 heavy (non-hydrogen) atoms. The van der Waals surface area contributed by atoms with Gasteiger partial charge in [-0.3, -0.25) is 0 Å². The van der Waals surface area contributed by atoms with Crippen LogP contribution in [-0.4, -0.2) is 12.1 Å². The zero-order chi connectivity index (χ0) is 22.1. The molecule has 5 aromatic rings. The van der Waals surface area contributed by atoms with E-state index in [1.165, 1.54) is 16.9 Å². The monoisotopic (exact) mass is 437 g/mol. The number of para-hydroxylation sites is 1. The van der Waals surface area contributed by atoms with Gasteiger partial charge < -0.3 is 14.5 Å². The van der Waals surface area contributed by atoms with E-state index in [0.717, 1.165) is 33.2 Å². The van der Waals surface area contributed by atoms with E-state index in [1.54, 1.807) is 13.3 Å². The molecule has 6 heteroatoms. The SMILES string of the molecule is COc1cc2c(cc1NC=C(C#N)c1nc(-c3ccc(C)cc3)cs1)oc1ccccc12. The van der Waals surface area contributed by atoms with E-state index in [-0.39, 0.29) is 0 Å². The summed E-state index contributed by atoms with van der Waals surface area (Å²) in [7, 11) is 1.62. The van der Waals surface area contributed by atoms with Crippen molar-refractivity contribution in [2.45, 2.75) is 6.92 Å². The molecule has 5 rings (SSSR count). The van der Waals surface area contributed by atoms with Gasteiger partial charge in [0.1, 0.15) is 33.6 Å². The van der Waals surface area contributed by atoms with Crippen molar-refractivity contribution in [1.82, 2.24) is 4.98 Å². The summed E-state index contributed by atoms with van der Waals surface area (Å²) in [6.07, 6.45) is 1.66. The number of hydrogen-bond acceptors (Lipinski definition) is 6. The summed E-state index contributed by atoms with van der Waals surface area (Å²) in [4.78, 5) is 4.65. The number of hydrogen-bond donors (Lipinski definition) is 1. The van der Waals surface area contributed by atoms with Gasteiger partial charge in [0, 0.05) is 34.0 Å². The quantitative estimate of drug-likeness (QED) is 0.300. The molecule has 0 amide bonds. The highest BCUT2D eigenvalue weighted by atomic mass is 32.1. The summed E-state index contributed by atoms with van der Waals surface area (Å²) >= 11 is 1.44. The van der Waals surface area contributed by atoms with Gasteiger partial charge in [0.05, 0.1) is 18.5 Å². The van der Waals surface area contributed by atoms with E-state index in [1.807, 2.05) is 53.9 Å². The van der Waals surface area contributed by atoms with Crippen LogP contribution in [0.1, 0.15) is 10.6 Å². The van der Waals surface area contributed by atoms with Crippen LogP contribution in [0.4, 0.5) is 5.69 Å². The third-order valence-corrected chi connectivity index (χ3v) is 6.15. The van der Waals surface area contributed by atoms with Crippen molar-refractivity contribution in [2.75, 3.05) is 12.4 Å². The van der Waals surface area contributed by atoms with Gasteiger partial charge in [-0.1, -0.05) is 48.0 Å². The minimum absolute atomic E-state index is 0.445. The van der Waals surface area contributed by atoms with Gasteiger partial charge in [-0.05, 0) is 19.1 Å². The van der Waals surface area contributed by atoms with E-state index in [2.05, 4.69) is 35.4 Å². The number of furan rings is 1. The highest BCUT2D eigenvalue weighted by molar-refractivity contribution is 7.11. The molecule has 0 atom stereocenters. The lowest BCUT2D eigenvalue weighted by atomic mass is 10.1. The number of benzene rings is 3. The average molecular weight is 438 g/mol. The first-order valence-electron chi connectivity index (χ1n) is 10.1. The predicted molar refractivity (Wildman–Crippen MR) is 130 cm³/mol. The Morgan fingerprint density at radius 2 is 1.91 bits per heavy atom. The molecule has 0 unspecified atom stereocenters. The number of allylic oxidation sites excluding steroid dienone is 1. The Balaban J connectivity index is 1.47. The Morgan fingerprint density at radius 1 is 1.09 bits per heavy atom. The smallest absolute Gasteiger partial charge is 0.143 e. The molecular formula is C26H19N3O2S. The standard InChI is InChI=1S/C26H19N3O2S/c1-16-7-9-17(10-8-16)22-15-32-26(29-22)18(13-27)14-28-21-12-24-20(11-25(21)30-2)19-5-3-4-6-23(19)31-24/h3-12,14-15,28H,1-2H3. The molecular weight excluding hydrogens is 418 g/mol. The minimum Gasteiger partial charge on any atom is -0.495 e. The molecule has 0 saturated heterocycles. The van der Waals surface area contributed by atoms with Crippen molar-refractivity contribution in [3.63, 3.8) is 0 Å². The maximum absolute atomic E-state index is 9.73. The number of rotatable bonds is 5. The molecule has 1 N–H and O–H groups in total. The highest BCUT2D eigenvalue weighted by Gasteiger charge is 2.13. The summed E-state index contributed by atoms with van der Waals surface area (Å²) in [6, 6.07) is 22.2. The van der Waals surface area contributed by atoms with Crippen LogP contribution in [0, 0.1) is 18.3 Å². The van der Waals surface area contributed by atoms with Crippen LogP contribution in [0.2, 0.25) is 0 Å². The van der Waals surface area contributed by atoms with Gasteiger partial charge in [0.2, 0.25) is 0 Å². The number of fused-ring (bicyclic) bond motifs is 3. The van der Waals surface area contributed by atoms with E-state index < -0.39 is 0 Å². The lowest BCUT2D eigenvalue weighted by Crippen LogP contribution is -1.95. The summed E-state index contributed by atoms with van der Waals surface area (Å²) in [6.45, 7) is 2.05. The van der Waals surface area contributed by atoms with Crippen LogP contribution < -0.4 is 10.1 Å². The fourth-order valence-electron chi connectivity index (χ4n) is 3.58. The molecule has 0 aliphatic heterocycles. The zero-order valence-corrected chi connectivity index (χ0v) is 18.4. The third-order valence-electron chi connectivity index (χ3n) is 5.27. The Labute approximate surface area is 189 Å². The van der Waals surface area contributed by atoms with Crippen LogP contribution >= 0.6 is 11.3 Å². The fourth-order valence-corrected chi connectivity index (χ4v) is 4.37. The highest BCUT2D eigenvalue weighted by Crippen LogP contribution is 2.36. The van der Waals surface area contributed by atoms with Crippen LogP contribution in [0.3, 0.4) is 0 Å². The van der Waals surface area contributed by atoms with Gasteiger partial charge in [-0.2, -0.15) is 5.26 Å². The van der Waals surface area contributed by atoms with Crippen LogP contribution in [0.5, 0.6) is 5.75 Å². The second-order valence-electron chi connectivity index (χ2n) is 7.36. The maximum Gasteiger partial charge on any atom is 0.143 e. The number of anilines is 1. The molecule has 2 aromatic heterocycles. The number of aromatic nitrogens is 1. The van der Waals surface area contributed by atoms with Gasteiger partial charge in [0.25, 0.3) is 0 Å². The molecule has 2 heterocycles. The minimum atomic E-state index is 0.445. The topological polar surface area (TPSA) is 71.1 Å². The first kappa shape index (κ1) is 19.9. The number of methoxy groups -OCH3 is 1. The van der Waals surface area contributed by atoms with Crippen molar-refractivity contribution in [1.29, 1.82) is 5.26 Å². The van der Waals surface area contributed by atoms with Crippen molar-refractivity contribution in [3.8, 4) is 23.1 Å². The van der Waals surface area contributed by atoms with Crippen molar-refractivity contribution in [2.24, 2.45) is 0 Å². The van der Waals surface area contributed by atoms with E-state index in [4.69, 9.17) is 9.15 Å². The molecule has 5 nitrogen and oxygen atoms in total. The second kappa shape index (κ2) is 8.22. The average Bonchev–Trinajstić information content (AvgIpc) is 3.44. The summed E-state index contributed by atoms with van der Waals surface area (Å²) in [5, 5.41) is 17.6. The van der Waals surface area contributed by atoms with Gasteiger partial charge >= 0.3 is 0 Å².